The number of rotatable bonds is 5. The Morgan fingerprint density at radius 2 is 2.00 bits per heavy atom. The van der Waals surface area contributed by atoms with E-state index in [0.717, 1.165) is 28.8 Å². The minimum absolute atomic E-state index is 0.229. The lowest BCUT2D eigenvalue weighted by Gasteiger charge is -2.22. The van der Waals surface area contributed by atoms with Crippen LogP contribution in [0.3, 0.4) is 0 Å². The lowest BCUT2D eigenvalue weighted by atomic mass is 10.1. The van der Waals surface area contributed by atoms with Gasteiger partial charge in [-0.25, -0.2) is 9.37 Å². The van der Waals surface area contributed by atoms with E-state index in [1.807, 2.05) is 29.8 Å². The number of anilines is 1. The van der Waals surface area contributed by atoms with Gasteiger partial charge in [-0.3, -0.25) is 4.99 Å². The molecule has 0 unspecified atom stereocenters. The fourth-order valence-electron chi connectivity index (χ4n) is 4.31. The Morgan fingerprint density at radius 1 is 1.19 bits per heavy atom. The first-order valence-electron chi connectivity index (χ1n) is 11.2. The maximum atomic E-state index is 15.3. The molecule has 1 aliphatic rings. The Morgan fingerprint density at radius 3 is 2.75 bits per heavy atom. The van der Waals surface area contributed by atoms with Crippen molar-refractivity contribution in [3.63, 3.8) is 0 Å². The third kappa shape index (κ3) is 3.92. The second-order valence-electron chi connectivity index (χ2n) is 8.34. The van der Waals surface area contributed by atoms with Gasteiger partial charge in [0.05, 0.1) is 11.3 Å². The molecule has 5 rings (SSSR count). The summed E-state index contributed by atoms with van der Waals surface area (Å²) in [5.74, 6) is -3.77. The van der Waals surface area contributed by atoms with E-state index in [1.165, 1.54) is 22.9 Å². The van der Waals surface area contributed by atoms with Crippen LogP contribution < -0.4 is 11.1 Å². The lowest BCUT2D eigenvalue weighted by molar-refractivity contribution is 0.0245. The van der Waals surface area contributed by atoms with E-state index in [-0.39, 0.29) is 6.54 Å². The van der Waals surface area contributed by atoms with Gasteiger partial charge in [0.1, 0.15) is 17.5 Å². The molecule has 11 heteroatoms. The Kier molecular flexibility index (Phi) is 5.83. The molecule has 184 valence electrons. The van der Waals surface area contributed by atoms with Crippen molar-refractivity contribution in [1.82, 2.24) is 24.3 Å². The first-order valence-corrected chi connectivity index (χ1v) is 11.2. The number of nitrogens with zero attached hydrogens (tertiary/aromatic N) is 6. The topological polar surface area (TPSA) is 98.9 Å². The average Bonchev–Trinajstić information content (AvgIpc) is 3.49. The normalized spacial score (nSPS) is 13.6. The van der Waals surface area contributed by atoms with Gasteiger partial charge in [0, 0.05) is 38.1 Å². The molecule has 36 heavy (non-hydrogen) atoms. The van der Waals surface area contributed by atoms with E-state index in [9.17, 15) is 4.39 Å². The number of amidine groups is 1. The number of hydrogen-bond donors (Lipinski definition) is 2. The Balaban J connectivity index is 1.52. The minimum atomic E-state index is -3.63. The molecule has 0 radical (unpaired) electrons. The Hall–Kier alpha value is -4.41. The zero-order valence-electron chi connectivity index (χ0n) is 19.6. The van der Waals surface area contributed by atoms with E-state index in [0.29, 0.717) is 29.7 Å². The summed E-state index contributed by atoms with van der Waals surface area (Å²) in [6.45, 7) is 2.60. The van der Waals surface area contributed by atoms with Gasteiger partial charge in [-0.15, -0.1) is 10.2 Å². The summed E-state index contributed by atoms with van der Waals surface area (Å²) in [5.41, 5.74) is 8.09. The van der Waals surface area contributed by atoms with Crippen LogP contribution in [0.15, 0.2) is 66.1 Å². The van der Waals surface area contributed by atoms with Crippen LogP contribution in [-0.4, -0.2) is 37.2 Å². The van der Waals surface area contributed by atoms with Gasteiger partial charge in [-0.1, -0.05) is 12.1 Å². The molecule has 1 aromatic carbocycles. The minimum Gasteiger partial charge on any atom is -0.404 e. The summed E-state index contributed by atoms with van der Waals surface area (Å²) in [6.07, 6.45) is 6.69. The van der Waals surface area contributed by atoms with Gasteiger partial charge in [0.25, 0.3) is 0 Å². The van der Waals surface area contributed by atoms with E-state index < -0.39 is 23.1 Å². The van der Waals surface area contributed by atoms with E-state index in [2.05, 4.69) is 25.5 Å². The summed E-state index contributed by atoms with van der Waals surface area (Å²) >= 11 is 0. The highest BCUT2D eigenvalue weighted by molar-refractivity contribution is 6.03. The molecule has 8 nitrogen and oxygen atoms in total. The molecule has 0 saturated carbocycles. The van der Waals surface area contributed by atoms with Gasteiger partial charge in [0.2, 0.25) is 5.82 Å². The number of hydrogen-bond acceptors (Lipinski definition) is 5. The molecule has 0 bridgehead atoms. The molecule has 0 fully saturated rings. The Bertz CT molecular complexity index is 1500. The third-order valence-corrected chi connectivity index (χ3v) is 6.10. The maximum Gasteiger partial charge on any atom is 0.334 e. The molecular formula is C25H23F3N8. The summed E-state index contributed by atoms with van der Waals surface area (Å²) in [7, 11) is 1.64. The van der Waals surface area contributed by atoms with Gasteiger partial charge in [-0.05, 0) is 54.6 Å². The quantitative estimate of drug-likeness (QED) is 0.319. The fourth-order valence-corrected chi connectivity index (χ4v) is 4.31. The van der Waals surface area contributed by atoms with Gasteiger partial charge < -0.3 is 20.2 Å². The summed E-state index contributed by atoms with van der Waals surface area (Å²) in [5, 5.41) is 11.0. The van der Waals surface area contributed by atoms with Crippen molar-refractivity contribution < 1.29 is 13.2 Å². The number of aryl methyl sites for hydroxylation is 2. The number of pyridine rings is 1. The average molecular weight is 493 g/mol. The van der Waals surface area contributed by atoms with E-state index >= 15 is 8.78 Å². The number of alkyl halides is 2. The highest BCUT2D eigenvalue weighted by Gasteiger charge is 2.43. The summed E-state index contributed by atoms with van der Waals surface area (Å²) in [6, 6.07) is 8.58. The van der Waals surface area contributed by atoms with E-state index in [1.54, 1.807) is 19.3 Å². The van der Waals surface area contributed by atoms with Crippen LogP contribution in [0.5, 0.6) is 0 Å². The standard InChI is InChI=1S/C25H23F3N8/c1-15-13-31-22(32-21(30-2)7-8-29)12-17(15)16-11-20-23-33-34-24(36(23)10-9-35(20)14-16)25(27,28)18-5-3-4-6-19(18)26/h3-8,11-14H,9-10,29H2,1-2H3,(H,30,31,32). The molecule has 0 spiro atoms. The molecule has 0 aliphatic carbocycles. The SMILES string of the molecule is CN=C(C=CN)Nc1cc(-c2cc3n(c2)CCn2c-3nnc2C(F)(F)c2ccccc2F)c(C)cn1. The van der Waals surface area contributed by atoms with Crippen molar-refractivity contribution >= 4 is 11.7 Å². The van der Waals surface area contributed by atoms with Crippen molar-refractivity contribution in [1.29, 1.82) is 0 Å². The lowest BCUT2D eigenvalue weighted by Crippen LogP contribution is -2.26. The van der Waals surface area contributed by atoms with Gasteiger partial charge >= 0.3 is 5.92 Å². The number of nitrogens with two attached hydrogens (primary N) is 1. The van der Waals surface area contributed by atoms with Crippen molar-refractivity contribution in [3.8, 4) is 22.6 Å². The van der Waals surface area contributed by atoms with Crippen LogP contribution >= 0.6 is 0 Å². The van der Waals surface area contributed by atoms with Gasteiger partial charge in [-0.2, -0.15) is 8.78 Å². The Labute approximate surface area is 205 Å². The smallest absolute Gasteiger partial charge is 0.334 e. The number of benzene rings is 1. The largest absolute Gasteiger partial charge is 0.404 e. The van der Waals surface area contributed by atoms with E-state index in [4.69, 9.17) is 5.73 Å². The second kappa shape index (κ2) is 8.99. The maximum absolute atomic E-state index is 15.3. The third-order valence-electron chi connectivity index (χ3n) is 6.10. The zero-order chi connectivity index (χ0) is 25.4. The van der Waals surface area contributed by atoms with Crippen LogP contribution in [0.4, 0.5) is 19.0 Å². The van der Waals surface area contributed by atoms with Crippen molar-refractivity contribution in [3.05, 3.63) is 83.8 Å². The molecule has 4 heterocycles. The first kappa shape index (κ1) is 23.3. The van der Waals surface area contributed by atoms with Crippen molar-refractivity contribution in [2.24, 2.45) is 10.7 Å². The predicted molar refractivity (Wildman–Crippen MR) is 131 cm³/mol. The van der Waals surface area contributed by atoms with Crippen LogP contribution in [0.2, 0.25) is 0 Å². The van der Waals surface area contributed by atoms with Crippen LogP contribution in [0, 0.1) is 12.7 Å². The number of aliphatic imine (C=N–C) groups is 1. The molecular weight excluding hydrogens is 469 g/mol. The summed E-state index contributed by atoms with van der Waals surface area (Å²) < 4.78 is 48.1. The monoisotopic (exact) mass is 492 g/mol. The fraction of sp³-hybridized carbons (Fsp3) is 0.200. The number of aromatic nitrogens is 5. The molecule has 4 aromatic rings. The van der Waals surface area contributed by atoms with Crippen LogP contribution in [0.25, 0.3) is 22.6 Å². The van der Waals surface area contributed by atoms with Crippen molar-refractivity contribution in [2.45, 2.75) is 25.9 Å². The summed E-state index contributed by atoms with van der Waals surface area (Å²) in [4.78, 5) is 8.52. The molecule has 3 aromatic heterocycles. The highest BCUT2D eigenvalue weighted by atomic mass is 19.3. The molecule has 0 atom stereocenters. The molecule has 0 saturated heterocycles. The zero-order valence-corrected chi connectivity index (χ0v) is 19.6. The predicted octanol–water partition coefficient (Wildman–Crippen LogP) is 4.32. The van der Waals surface area contributed by atoms with Crippen molar-refractivity contribution in [2.75, 3.05) is 12.4 Å². The highest BCUT2D eigenvalue weighted by Crippen LogP contribution is 2.39. The van der Waals surface area contributed by atoms with Crippen LogP contribution in [-0.2, 0) is 19.0 Å². The van der Waals surface area contributed by atoms with Crippen LogP contribution in [0.1, 0.15) is 17.0 Å². The second-order valence-corrected chi connectivity index (χ2v) is 8.34. The van der Waals surface area contributed by atoms with Gasteiger partial charge in [0.15, 0.2) is 5.82 Å². The molecule has 3 N–H and O–H groups in total. The first-order chi connectivity index (χ1) is 17.3. The molecule has 1 aliphatic heterocycles. The number of nitrogens with one attached hydrogen (secondary N) is 1. The number of fused-ring (bicyclic) bond motifs is 3. The number of halogens is 3. The molecule has 0 amide bonds.